The molecule has 42 heavy (non-hydrogen) atoms. The van der Waals surface area contributed by atoms with Crippen LogP contribution in [0.2, 0.25) is 0 Å². The monoisotopic (exact) mass is 544 g/mol. The van der Waals surface area contributed by atoms with Gasteiger partial charge in [0, 0.05) is 43.8 Å². The number of benzene rings is 3. The molecule has 0 atom stereocenters. The van der Waals surface area contributed by atoms with Crippen LogP contribution in [0.3, 0.4) is 0 Å². The van der Waals surface area contributed by atoms with Crippen molar-refractivity contribution in [2.75, 3.05) is 5.32 Å². The molecule has 3 aromatic heterocycles. The zero-order valence-electron chi connectivity index (χ0n) is 22.0. The number of anilines is 2. The SMILES string of the molecule is O=C=C1C=CCc2c3[nH]c(c21)N=C1N=C(N=c2[nH]/c(c4ccccc24)=N\c2[nH]c(c4ccccc24)N3)c2ccccc21. The summed E-state index contributed by atoms with van der Waals surface area (Å²) < 4.78 is 0. The van der Waals surface area contributed by atoms with E-state index < -0.39 is 0 Å². The Labute approximate surface area is 237 Å². The number of nitrogens with one attached hydrogen (secondary N) is 4. The predicted octanol–water partition coefficient (Wildman–Crippen LogP) is 5.47. The second kappa shape index (κ2) is 8.47. The standard InChI is InChI=1S/C33H20N8O/c42-16-17-8-7-15-24-25(17)33-40-31-23-14-6-5-13-22(23)29(38-31)36-27-19-10-2-1-9-18(19)26(34-27)35-28-20-11-3-4-12-21(20)30(37-28)39-32(24)41-33/h1-14,37,39,41H,15H2,(H,34,35,36,38,40). The molecule has 3 aromatic carbocycles. The lowest BCUT2D eigenvalue weighted by Gasteiger charge is -2.10. The van der Waals surface area contributed by atoms with Crippen LogP contribution in [0.25, 0.3) is 27.1 Å². The van der Waals surface area contributed by atoms with Crippen molar-refractivity contribution in [3.8, 4) is 0 Å². The predicted molar refractivity (Wildman–Crippen MR) is 164 cm³/mol. The molecular formula is C33H20N8O. The molecule has 0 unspecified atom stereocenters. The molecule has 2 aliphatic heterocycles. The number of H-pyrrole nitrogens is 3. The van der Waals surface area contributed by atoms with Crippen LogP contribution >= 0.6 is 0 Å². The summed E-state index contributed by atoms with van der Waals surface area (Å²) in [4.78, 5) is 42.4. The number of aromatic amines is 3. The van der Waals surface area contributed by atoms with Gasteiger partial charge in [-0.25, -0.2) is 24.8 Å². The quantitative estimate of drug-likeness (QED) is 0.189. The Morgan fingerprint density at radius 2 is 1.26 bits per heavy atom. The number of allylic oxidation sites excluding steroid dienone is 3. The molecule has 3 aliphatic rings. The maximum Gasteiger partial charge on any atom is 0.164 e. The van der Waals surface area contributed by atoms with E-state index in [1.807, 2.05) is 78.9 Å². The van der Waals surface area contributed by atoms with E-state index in [4.69, 9.17) is 20.0 Å². The first-order valence-electron chi connectivity index (χ1n) is 13.6. The first-order chi connectivity index (χ1) is 20.7. The Balaban J connectivity index is 1.42. The summed E-state index contributed by atoms with van der Waals surface area (Å²) in [7, 11) is 0. The van der Waals surface area contributed by atoms with Crippen LogP contribution in [0.15, 0.2) is 105 Å². The topological polar surface area (TPSA) is 126 Å². The molecule has 0 saturated heterocycles. The molecule has 0 spiro atoms. The van der Waals surface area contributed by atoms with Gasteiger partial charge in [-0.05, 0) is 12.5 Å². The largest absolute Gasteiger partial charge is 0.327 e. The minimum Gasteiger partial charge on any atom is -0.327 e. The zero-order chi connectivity index (χ0) is 27.8. The number of rotatable bonds is 0. The van der Waals surface area contributed by atoms with Crippen molar-refractivity contribution < 1.29 is 4.79 Å². The van der Waals surface area contributed by atoms with Gasteiger partial charge in [0.15, 0.2) is 11.7 Å². The molecule has 1 aliphatic carbocycles. The maximum absolute atomic E-state index is 12.0. The summed E-state index contributed by atoms with van der Waals surface area (Å²) in [6, 6.07) is 24.0. The molecule has 0 amide bonds. The minimum absolute atomic E-state index is 0.440. The van der Waals surface area contributed by atoms with Gasteiger partial charge in [-0.1, -0.05) is 78.9 Å². The van der Waals surface area contributed by atoms with Crippen LogP contribution in [0, 0.1) is 0 Å². The fraction of sp³-hybridized carbons (Fsp3) is 0.0303. The van der Waals surface area contributed by atoms with Crippen LogP contribution in [-0.2, 0) is 11.2 Å². The van der Waals surface area contributed by atoms with Gasteiger partial charge in [0.05, 0.1) is 5.57 Å². The highest BCUT2D eigenvalue weighted by molar-refractivity contribution is 6.23. The van der Waals surface area contributed by atoms with Gasteiger partial charge in [-0.15, -0.1) is 0 Å². The normalized spacial score (nSPS) is 15.6. The van der Waals surface area contributed by atoms with Gasteiger partial charge in [0.1, 0.15) is 40.2 Å². The van der Waals surface area contributed by atoms with Crippen molar-refractivity contribution in [2.24, 2.45) is 20.0 Å². The Morgan fingerprint density at radius 3 is 2.02 bits per heavy atom. The summed E-state index contributed by atoms with van der Waals surface area (Å²) in [6.07, 6.45) is 4.38. The summed E-state index contributed by atoms with van der Waals surface area (Å²) in [5.41, 5.74) is 5.18. The van der Waals surface area contributed by atoms with Crippen LogP contribution < -0.4 is 16.3 Å². The minimum atomic E-state index is 0.440. The average Bonchev–Trinajstić information content (AvgIpc) is 3.76. The van der Waals surface area contributed by atoms with Gasteiger partial charge < -0.3 is 20.3 Å². The lowest BCUT2D eigenvalue weighted by molar-refractivity contribution is 0.569. The summed E-state index contributed by atoms with van der Waals surface area (Å²) in [5.74, 6) is 5.91. The third kappa shape index (κ3) is 3.22. The van der Waals surface area contributed by atoms with Crippen molar-refractivity contribution >= 4 is 68.0 Å². The smallest absolute Gasteiger partial charge is 0.164 e. The van der Waals surface area contributed by atoms with Crippen LogP contribution in [0.5, 0.6) is 0 Å². The molecule has 0 radical (unpaired) electrons. The average molecular weight is 545 g/mol. The number of hydrogen-bond donors (Lipinski definition) is 4. The molecule has 4 N–H and O–H groups in total. The molecule has 9 nitrogen and oxygen atoms in total. The van der Waals surface area contributed by atoms with E-state index in [1.165, 1.54) is 0 Å². The Kier molecular flexibility index (Phi) is 4.59. The highest BCUT2D eigenvalue weighted by Gasteiger charge is 2.27. The van der Waals surface area contributed by atoms with Gasteiger partial charge >= 0.3 is 0 Å². The lowest BCUT2D eigenvalue weighted by Crippen LogP contribution is -2.13. The Hall–Kier alpha value is -6.05. The number of fused-ring (bicyclic) bond motifs is 19. The maximum atomic E-state index is 12.0. The number of aromatic nitrogens is 3. The molecule has 0 fully saturated rings. The van der Waals surface area contributed by atoms with Gasteiger partial charge in [0.2, 0.25) is 0 Å². The van der Waals surface area contributed by atoms with Crippen molar-refractivity contribution in [1.29, 1.82) is 0 Å². The van der Waals surface area contributed by atoms with E-state index in [2.05, 4.69) is 26.2 Å². The van der Waals surface area contributed by atoms with E-state index in [1.54, 1.807) is 6.08 Å². The molecule has 6 aromatic rings. The first-order valence-corrected chi connectivity index (χ1v) is 13.6. The fourth-order valence-electron chi connectivity index (χ4n) is 6.05. The van der Waals surface area contributed by atoms with E-state index in [-0.39, 0.29) is 0 Å². The van der Waals surface area contributed by atoms with Crippen molar-refractivity contribution in [2.45, 2.75) is 6.42 Å². The van der Waals surface area contributed by atoms with E-state index in [9.17, 15) is 4.79 Å². The highest BCUT2D eigenvalue weighted by Crippen LogP contribution is 2.41. The summed E-state index contributed by atoms with van der Waals surface area (Å²) >= 11 is 0. The second-order valence-corrected chi connectivity index (χ2v) is 10.4. The second-order valence-electron chi connectivity index (χ2n) is 10.4. The van der Waals surface area contributed by atoms with Crippen molar-refractivity contribution in [1.82, 2.24) is 15.0 Å². The summed E-state index contributed by atoms with van der Waals surface area (Å²) in [6.45, 7) is 0. The molecule has 0 saturated carbocycles. The third-order valence-electron chi connectivity index (χ3n) is 7.97. The van der Waals surface area contributed by atoms with Crippen LogP contribution in [0.4, 0.5) is 23.3 Å². The Morgan fingerprint density at radius 1 is 0.619 bits per heavy atom. The zero-order valence-corrected chi connectivity index (χ0v) is 22.0. The number of amidine groups is 2. The number of hydrogen-bond acceptors (Lipinski definition) is 6. The molecule has 8 bridgehead atoms. The molecule has 5 heterocycles. The van der Waals surface area contributed by atoms with Crippen molar-refractivity contribution in [3.05, 3.63) is 118 Å². The molecule has 9 heteroatoms. The molecule has 9 rings (SSSR count). The van der Waals surface area contributed by atoms with Crippen LogP contribution in [0.1, 0.15) is 22.3 Å². The Bertz CT molecular complexity index is 2420. The third-order valence-corrected chi connectivity index (χ3v) is 7.97. The first kappa shape index (κ1) is 22.7. The highest BCUT2D eigenvalue weighted by atomic mass is 16.1. The van der Waals surface area contributed by atoms with E-state index in [0.717, 1.165) is 49.9 Å². The lowest BCUT2D eigenvalue weighted by atomic mass is 9.96. The summed E-state index contributed by atoms with van der Waals surface area (Å²) in [5, 5.41) is 7.40. The van der Waals surface area contributed by atoms with Gasteiger partial charge in [0.25, 0.3) is 0 Å². The van der Waals surface area contributed by atoms with Crippen LogP contribution in [-0.4, -0.2) is 32.6 Å². The fourth-order valence-corrected chi connectivity index (χ4v) is 6.05. The molecule has 198 valence electrons. The van der Waals surface area contributed by atoms with Gasteiger partial charge in [-0.2, -0.15) is 0 Å². The number of aliphatic imine (C=N–C) groups is 2. The number of carbonyl (C=O) groups excluding carboxylic acids is 1. The van der Waals surface area contributed by atoms with Crippen molar-refractivity contribution in [3.63, 3.8) is 0 Å². The molecular weight excluding hydrogens is 524 g/mol. The van der Waals surface area contributed by atoms with E-state index >= 15 is 0 Å². The van der Waals surface area contributed by atoms with E-state index in [0.29, 0.717) is 51.8 Å². The van der Waals surface area contributed by atoms with Gasteiger partial charge in [-0.3, -0.25) is 0 Å². The number of nitrogens with zero attached hydrogens (tertiary/aromatic N) is 4.